The zero-order chi connectivity index (χ0) is 18.8. The summed E-state index contributed by atoms with van der Waals surface area (Å²) in [5, 5.41) is 5.52. The third-order valence-electron chi connectivity index (χ3n) is 5.63. The van der Waals surface area contributed by atoms with E-state index in [1.807, 2.05) is 0 Å². The van der Waals surface area contributed by atoms with Crippen molar-refractivity contribution in [2.45, 2.75) is 57.1 Å². The Hall–Kier alpha value is -2.41. The van der Waals surface area contributed by atoms with Crippen molar-refractivity contribution in [2.24, 2.45) is 0 Å². The maximum absolute atomic E-state index is 12.8. The SMILES string of the molecule is O=C(NCC1CCCO1)Nc1ccc2c(c1)C(=O)N(C1CCCCC1)C2=O. The van der Waals surface area contributed by atoms with E-state index in [1.54, 1.807) is 18.2 Å². The zero-order valence-electron chi connectivity index (χ0n) is 15.3. The molecule has 4 amide bonds. The lowest BCUT2D eigenvalue weighted by molar-refractivity contribution is 0.0549. The van der Waals surface area contributed by atoms with E-state index in [0.29, 0.717) is 23.4 Å². The second kappa shape index (κ2) is 7.68. The lowest BCUT2D eigenvalue weighted by atomic mass is 9.94. The molecule has 1 atom stereocenters. The number of amides is 4. The van der Waals surface area contributed by atoms with E-state index in [4.69, 9.17) is 4.74 Å². The van der Waals surface area contributed by atoms with Crippen LogP contribution in [0.4, 0.5) is 10.5 Å². The zero-order valence-corrected chi connectivity index (χ0v) is 15.3. The van der Waals surface area contributed by atoms with Gasteiger partial charge in [0.1, 0.15) is 0 Å². The fraction of sp³-hybridized carbons (Fsp3) is 0.550. The molecule has 27 heavy (non-hydrogen) atoms. The molecule has 0 spiro atoms. The first-order chi connectivity index (χ1) is 13.1. The number of nitrogens with zero attached hydrogens (tertiary/aromatic N) is 1. The highest BCUT2D eigenvalue weighted by Gasteiger charge is 2.40. The number of imide groups is 1. The van der Waals surface area contributed by atoms with Crippen molar-refractivity contribution in [3.05, 3.63) is 29.3 Å². The Bertz CT molecular complexity index is 752. The average molecular weight is 371 g/mol. The number of anilines is 1. The third kappa shape index (κ3) is 3.69. The summed E-state index contributed by atoms with van der Waals surface area (Å²) in [5.74, 6) is -0.457. The Morgan fingerprint density at radius 2 is 1.81 bits per heavy atom. The molecule has 2 fully saturated rings. The van der Waals surface area contributed by atoms with Gasteiger partial charge in [0.2, 0.25) is 0 Å². The molecule has 2 aliphatic heterocycles. The van der Waals surface area contributed by atoms with E-state index < -0.39 is 0 Å². The molecule has 1 aromatic carbocycles. The summed E-state index contributed by atoms with van der Waals surface area (Å²) >= 11 is 0. The van der Waals surface area contributed by atoms with Crippen molar-refractivity contribution in [3.63, 3.8) is 0 Å². The van der Waals surface area contributed by atoms with Gasteiger partial charge in [0.05, 0.1) is 17.2 Å². The Morgan fingerprint density at radius 1 is 1.04 bits per heavy atom. The van der Waals surface area contributed by atoms with E-state index in [2.05, 4.69) is 10.6 Å². The molecule has 1 aromatic rings. The molecule has 2 N–H and O–H groups in total. The minimum atomic E-state index is -0.341. The Balaban J connectivity index is 1.41. The van der Waals surface area contributed by atoms with Crippen LogP contribution in [0.1, 0.15) is 65.7 Å². The largest absolute Gasteiger partial charge is 0.376 e. The molecular formula is C20H25N3O4. The van der Waals surface area contributed by atoms with Crippen molar-refractivity contribution in [2.75, 3.05) is 18.5 Å². The van der Waals surface area contributed by atoms with E-state index in [0.717, 1.165) is 51.6 Å². The number of ether oxygens (including phenoxy) is 1. The molecule has 0 radical (unpaired) electrons. The van der Waals surface area contributed by atoms with Crippen LogP contribution in [0.25, 0.3) is 0 Å². The van der Waals surface area contributed by atoms with Crippen molar-refractivity contribution >= 4 is 23.5 Å². The van der Waals surface area contributed by atoms with Crippen molar-refractivity contribution < 1.29 is 19.1 Å². The molecular weight excluding hydrogens is 346 g/mol. The molecule has 144 valence electrons. The van der Waals surface area contributed by atoms with Gasteiger partial charge in [-0.05, 0) is 43.9 Å². The maximum Gasteiger partial charge on any atom is 0.319 e. The first kappa shape index (κ1) is 18.0. The summed E-state index contributed by atoms with van der Waals surface area (Å²) in [4.78, 5) is 39.0. The molecule has 7 nitrogen and oxygen atoms in total. The van der Waals surface area contributed by atoms with Gasteiger partial charge < -0.3 is 15.4 Å². The lowest BCUT2D eigenvalue weighted by Crippen LogP contribution is -2.40. The molecule has 1 saturated heterocycles. The number of rotatable bonds is 4. The number of urea groups is 1. The van der Waals surface area contributed by atoms with Crippen LogP contribution in [0.5, 0.6) is 0 Å². The topological polar surface area (TPSA) is 87.7 Å². The summed E-state index contributed by atoms with van der Waals surface area (Å²) in [5.41, 5.74) is 1.31. The Labute approximate surface area is 158 Å². The van der Waals surface area contributed by atoms with Crippen LogP contribution in [0.3, 0.4) is 0 Å². The Morgan fingerprint density at radius 3 is 2.56 bits per heavy atom. The quantitative estimate of drug-likeness (QED) is 0.797. The fourth-order valence-corrected chi connectivity index (χ4v) is 4.20. The second-order valence-electron chi connectivity index (χ2n) is 7.50. The molecule has 4 rings (SSSR count). The first-order valence-corrected chi connectivity index (χ1v) is 9.82. The summed E-state index contributed by atoms with van der Waals surface area (Å²) in [6.45, 7) is 1.20. The smallest absolute Gasteiger partial charge is 0.319 e. The highest BCUT2D eigenvalue weighted by Crippen LogP contribution is 2.32. The molecule has 0 aromatic heterocycles. The standard InChI is InChI=1S/C20H25N3O4/c24-18-16-9-8-13(22-20(26)21-12-15-7-4-10-27-15)11-17(16)19(25)23(18)14-5-2-1-3-6-14/h8-9,11,14-15H,1-7,10,12H2,(H2,21,22,26). The minimum Gasteiger partial charge on any atom is -0.376 e. The first-order valence-electron chi connectivity index (χ1n) is 9.82. The fourth-order valence-electron chi connectivity index (χ4n) is 4.20. The van der Waals surface area contributed by atoms with Gasteiger partial charge in [-0.3, -0.25) is 14.5 Å². The predicted octanol–water partition coefficient (Wildman–Crippen LogP) is 2.92. The number of carbonyl (C=O) groups is 3. The van der Waals surface area contributed by atoms with Crippen LogP contribution < -0.4 is 10.6 Å². The summed E-state index contributed by atoms with van der Waals surface area (Å²) in [7, 11) is 0. The number of fused-ring (bicyclic) bond motifs is 1. The Kier molecular flexibility index (Phi) is 5.11. The van der Waals surface area contributed by atoms with Crippen LogP contribution in [0, 0.1) is 0 Å². The minimum absolute atomic E-state index is 0.00253. The van der Waals surface area contributed by atoms with Gasteiger partial charge >= 0.3 is 6.03 Å². The van der Waals surface area contributed by atoms with Crippen LogP contribution in [0.15, 0.2) is 18.2 Å². The monoisotopic (exact) mass is 371 g/mol. The van der Waals surface area contributed by atoms with Gasteiger partial charge in [-0.25, -0.2) is 4.79 Å². The molecule has 2 heterocycles. The van der Waals surface area contributed by atoms with E-state index in [9.17, 15) is 14.4 Å². The number of carbonyl (C=O) groups excluding carboxylic acids is 3. The highest BCUT2D eigenvalue weighted by atomic mass is 16.5. The number of hydrogen-bond acceptors (Lipinski definition) is 4. The van der Waals surface area contributed by atoms with Gasteiger partial charge in [0, 0.05) is 24.9 Å². The van der Waals surface area contributed by atoms with E-state index in [1.165, 1.54) is 4.90 Å². The number of nitrogens with one attached hydrogen (secondary N) is 2. The average Bonchev–Trinajstić information content (AvgIpc) is 3.28. The third-order valence-corrected chi connectivity index (χ3v) is 5.63. The van der Waals surface area contributed by atoms with E-state index >= 15 is 0 Å². The molecule has 1 unspecified atom stereocenters. The van der Waals surface area contributed by atoms with E-state index in [-0.39, 0.29) is 30.0 Å². The van der Waals surface area contributed by atoms with Crippen LogP contribution in [-0.2, 0) is 4.74 Å². The summed E-state index contributed by atoms with van der Waals surface area (Å²) in [6, 6.07) is 4.56. The molecule has 0 bridgehead atoms. The molecule has 3 aliphatic rings. The molecule has 7 heteroatoms. The lowest BCUT2D eigenvalue weighted by Gasteiger charge is -2.29. The predicted molar refractivity (Wildman–Crippen MR) is 99.8 cm³/mol. The van der Waals surface area contributed by atoms with Crippen molar-refractivity contribution in [1.82, 2.24) is 10.2 Å². The van der Waals surface area contributed by atoms with Gasteiger partial charge in [-0.1, -0.05) is 19.3 Å². The summed E-state index contributed by atoms with van der Waals surface area (Å²) in [6.07, 6.45) is 7.06. The highest BCUT2D eigenvalue weighted by molar-refractivity contribution is 6.22. The normalized spacial score (nSPS) is 22.8. The van der Waals surface area contributed by atoms with Crippen LogP contribution >= 0.6 is 0 Å². The van der Waals surface area contributed by atoms with Crippen LogP contribution in [-0.4, -0.2) is 48.0 Å². The number of benzene rings is 1. The van der Waals surface area contributed by atoms with Gasteiger partial charge in [-0.2, -0.15) is 0 Å². The van der Waals surface area contributed by atoms with Crippen molar-refractivity contribution in [1.29, 1.82) is 0 Å². The van der Waals surface area contributed by atoms with Gasteiger partial charge in [0.25, 0.3) is 11.8 Å². The van der Waals surface area contributed by atoms with Gasteiger partial charge in [-0.15, -0.1) is 0 Å². The van der Waals surface area contributed by atoms with Crippen LogP contribution in [0.2, 0.25) is 0 Å². The summed E-state index contributed by atoms with van der Waals surface area (Å²) < 4.78 is 5.48. The second-order valence-corrected chi connectivity index (χ2v) is 7.50. The van der Waals surface area contributed by atoms with Gasteiger partial charge in [0.15, 0.2) is 0 Å². The molecule has 1 saturated carbocycles. The van der Waals surface area contributed by atoms with Crippen molar-refractivity contribution in [3.8, 4) is 0 Å². The molecule has 1 aliphatic carbocycles. The number of hydrogen-bond donors (Lipinski definition) is 2. The maximum atomic E-state index is 12.8.